The molecule has 0 atom stereocenters. The zero-order valence-corrected chi connectivity index (χ0v) is 11.9. The highest BCUT2D eigenvalue weighted by atomic mass is 127. The number of hydrogen-bond donors (Lipinski definition) is 0. The van der Waals surface area contributed by atoms with Crippen LogP contribution in [-0.4, -0.2) is 23.1 Å². The lowest BCUT2D eigenvalue weighted by Gasteiger charge is -2.26. The number of rotatable bonds is 2. The monoisotopic (exact) mass is 331 g/mol. The largest absolute Gasteiger partial charge is 0.341 e. The third-order valence-electron chi connectivity index (χ3n) is 3.29. The zero-order valence-electron chi connectivity index (χ0n) is 9.69. The van der Waals surface area contributed by atoms with Gasteiger partial charge in [-0.2, -0.15) is 0 Å². The van der Waals surface area contributed by atoms with Gasteiger partial charge in [-0.1, -0.05) is 25.7 Å². The van der Waals surface area contributed by atoms with Gasteiger partial charge in [0.15, 0.2) is 0 Å². The molecule has 0 unspecified atom stereocenters. The normalized spacial score (nSPS) is 18.1. The van der Waals surface area contributed by atoms with Crippen LogP contribution in [-0.2, 0) is 0 Å². The lowest BCUT2D eigenvalue weighted by molar-refractivity contribution is 0.544. The second-order valence-electron chi connectivity index (χ2n) is 4.46. The summed E-state index contributed by atoms with van der Waals surface area (Å²) in [5.41, 5.74) is 0. The van der Waals surface area contributed by atoms with Crippen molar-refractivity contribution in [2.75, 3.05) is 11.9 Å². The summed E-state index contributed by atoms with van der Waals surface area (Å²) in [5.74, 6) is 0.868. The number of nitrogens with zero attached hydrogens (tertiary/aromatic N) is 3. The van der Waals surface area contributed by atoms with Gasteiger partial charge in [-0.25, -0.2) is 9.97 Å². The fourth-order valence-corrected chi connectivity index (χ4v) is 2.57. The van der Waals surface area contributed by atoms with Crippen LogP contribution in [0.3, 0.4) is 0 Å². The Balaban J connectivity index is 2.04. The predicted molar refractivity (Wildman–Crippen MR) is 74.6 cm³/mol. The standard InChI is InChI=1S/C12H18IN3/c1-16(11-6-4-2-3-5-7-11)12-14-8-10(13)9-15-12/h8-9,11H,2-7H2,1H3. The van der Waals surface area contributed by atoms with Crippen molar-refractivity contribution >= 4 is 28.5 Å². The Labute approximate surface area is 111 Å². The molecule has 0 aliphatic heterocycles. The Hall–Kier alpha value is -0.390. The Bertz CT molecular complexity index is 318. The second kappa shape index (κ2) is 5.80. The summed E-state index contributed by atoms with van der Waals surface area (Å²) in [7, 11) is 2.12. The van der Waals surface area contributed by atoms with Crippen LogP contribution in [0, 0.1) is 3.57 Å². The highest BCUT2D eigenvalue weighted by molar-refractivity contribution is 14.1. The van der Waals surface area contributed by atoms with Crippen LogP contribution in [0.4, 0.5) is 5.95 Å². The number of anilines is 1. The Kier molecular flexibility index (Phi) is 4.37. The van der Waals surface area contributed by atoms with Crippen LogP contribution in [0.25, 0.3) is 0 Å². The molecule has 3 nitrogen and oxygen atoms in total. The number of hydrogen-bond acceptors (Lipinski definition) is 3. The third kappa shape index (κ3) is 3.06. The summed E-state index contributed by atoms with van der Waals surface area (Å²) < 4.78 is 1.09. The van der Waals surface area contributed by atoms with E-state index in [9.17, 15) is 0 Å². The van der Waals surface area contributed by atoms with E-state index >= 15 is 0 Å². The Morgan fingerprint density at radius 2 is 1.69 bits per heavy atom. The maximum absolute atomic E-state index is 4.39. The highest BCUT2D eigenvalue weighted by Crippen LogP contribution is 2.23. The third-order valence-corrected chi connectivity index (χ3v) is 3.85. The van der Waals surface area contributed by atoms with Crippen molar-refractivity contribution < 1.29 is 0 Å². The van der Waals surface area contributed by atoms with E-state index in [1.54, 1.807) is 0 Å². The molecule has 88 valence electrons. The van der Waals surface area contributed by atoms with Crippen molar-refractivity contribution in [3.63, 3.8) is 0 Å². The first-order valence-electron chi connectivity index (χ1n) is 5.98. The van der Waals surface area contributed by atoms with Gasteiger partial charge < -0.3 is 4.90 Å². The Morgan fingerprint density at radius 3 is 2.25 bits per heavy atom. The molecule has 0 bridgehead atoms. The van der Waals surface area contributed by atoms with Crippen LogP contribution in [0.15, 0.2) is 12.4 Å². The fourth-order valence-electron chi connectivity index (χ4n) is 2.30. The zero-order chi connectivity index (χ0) is 11.4. The molecule has 1 aliphatic rings. The smallest absolute Gasteiger partial charge is 0.225 e. The molecule has 1 fully saturated rings. The minimum absolute atomic E-state index is 0.627. The molecule has 2 rings (SSSR count). The molecule has 1 aliphatic carbocycles. The summed E-state index contributed by atoms with van der Waals surface area (Å²) in [4.78, 5) is 11.0. The van der Waals surface area contributed by atoms with E-state index in [4.69, 9.17) is 0 Å². The van der Waals surface area contributed by atoms with E-state index in [1.807, 2.05) is 12.4 Å². The molecule has 0 aromatic carbocycles. The first kappa shape index (κ1) is 12.1. The SMILES string of the molecule is CN(c1ncc(I)cn1)C1CCCCCC1. The molecule has 1 heterocycles. The average molecular weight is 331 g/mol. The van der Waals surface area contributed by atoms with Gasteiger partial charge in [0, 0.05) is 29.1 Å². The first-order chi connectivity index (χ1) is 7.77. The van der Waals surface area contributed by atoms with E-state index in [-0.39, 0.29) is 0 Å². The quantitative estimate of drug-likeness (QED) is 0.615. The lowest BCUT2D eigenvalue weighted by atomic mass is 10.1. The topological polar surface area (TPSA) is 29.0 Å². The van der Waals surface area contributed by atoms with Gasteiger partial charge in [0.05, 0.1) is 0 Å². The molecule has 0 radical (unpaired) electrons. The molecular weight excluding hydrogens is 313 g/mol. The molecular formula is C12H18IN3. The molecule has 0 spiro atoms. The van der Waals surface area contributed by atoms with Gasteiger partial charge in [0.1, 0.15) is 0 Å². The molecule has 1 aromatic rings. The highest BCUT2D eigenvalue weighted by Gasteiger charge is 2.18. The van der Waals surface area contributed by atoms with E-state index in [0.29, 0.717) is 6.04 Å². The number of halogens is 1. The molecule has 0 amide bonds. The van der Waals surface area contributed by atoms with Crippen molar-refractivity contribution in [2.24, 2.45) is 0 Å². The van der Waals surface area contributed by atoms with Crippen LogP contribution in [0.2, 0.25) is 0 Å². The van der Waals surface area contributed by atoms with Crippen molar-refractivity contribution in [3.8, 4) is 0 Å². The molecule has 1 saturated carbocycles. The summed E-state index contributed by atoms with van der Waals surface area (Å²) in [5, 5.41) is 0. The molecule has 0 saturated heterocycles. The summed E-state index contributed by atoms with van der Waals surface area (Å²) in [6.07, 6.45) is 11.8. The van der Waals surface area contributed by atoms with Gasteiger partial charge in [0.2, 0.25) is 5.95 Å². The van der Waals surface area contributed by atoms with Crippen molar-refractivity contribution in [2.45, 2.75) is 44.6 Å². The van der Waals surface area contributed by atoms with E-state index < -0.39 is 0 Å². The van der Waals surface area contributed by atoms with Gasteiger partial charge in [0.25, 0.3) is 0 Å². The van der Waals surface area contributed by atoms with Crippen LogP contribution < -0.4 is 4.90 Å². The van der Waals surface area contributed by atoms with Crippen molar-refractivity contribution in [3.05, 3.63) is 16.0 Å². The maximum atomic E-state index is 4.39. The van der Waals surface area contributed by atoms with E-state index in [0.717, 1.165) is 9.52 Å². The maximum Gasteiger partial charge on any atom is 0.225 e. The van der Waals surface area contributed by atoms with Crippen LogP contribution in [0.5, 0.6) is 0 Å². The predicted octanol–water partition coefficient (Wildman–Crippen LogP) is 3.24. The summed E-state index contributed by atoms with van der Waals surface area (Å²) in [6.45, 7) is 0. The summed E-state index contributed by atoms with van der Waals surface area (Å²) >= 11 is 2.24. The summed E-state index contributed by atoms with van der Waals surface area (Å²) in [6, 6.07) is 0.627. The molecule has 1 aromatic heterocycles. The van der Waals surface area contributed by atoms with Gasteiger partial charge in [-0.15, -0.1) is 0 Å². The minimum atomic E-state index is 0.627. The molecule has 16 heavy (non-hydrogen) atoms. The number of aromatic nitrogens is 2. The first-order valence-corrected chi connectivity index (χ1v) is 7.05. The molecule has 0 N–H and O–H groups in total. The fraction of sp³-hybridized carbons (Fsp3) is 0.667. The van der Waals surface area contributed by atoms with E-state index in [1.165, 1.54) is 38.5 Å². The van der Waals surface area contributed by atoms with Gasteiger partial charge in [-0.05, 0) is 35.4 Å². The van der Waals surface area contributed by atoms with Crippen LogP contribution in [0.1, 0.15) is 38.5 Å². The van der Waals surface area contributed by atoms with Crippen molar-refractivity contribution in [1.82, 2.24) is 9.97 Å². The Morgan fingerprint density at radius 1 is 1.12 bits per heavy atom. The van der Waals surface area contributed by atoms with Crippen LogP contribution >= 0.6 is 22.6 Å². The van der Waals surface area contributed by atoms with Gasteiger partial charge >= 0.3 is 0 Å². The second-order valence-corrected chi connectivity index (χ2v) is 5.70. The van der Waals surface area contributed by atoms with Crippen molar-refractivity contribution in [1.29, 1.82) is 0 Å². The van der Waals surface area contributed by atoms with Gasteiger partial charge in [-0.3, -0.25) is 0 Å². The average Bonchev–Trinajstić information content (AvgIpc) is 2.57. The molecule has 4 heteroatoms. The minimum Gasteiger partial charge on any atom is -0.341 e. The van der Waals surface area contributed by atoms with E-state index in [2.05, 4.69) is 44.5 Å². The lowest BCUT2D eigenvalue weighted by Crippen LogP contribution is -2.32.